The first-order chi connectivity index (χ1) is 6.68. The van der Waals surface area contributed by atoms with E-state index in [9.17, 15) is 9.59 Å². The highest BCUT2D eigenvalue weighted by atomic mass is 16.5. The molecule has 0 unspecified atom stereocenters. The van der Waals surface area contributed by atoms with Crippen molar-refractivity contribution in [3.05, 3.63) is 30.6 Å². The molecule has 4 heteroatoms. The van der Waals surface area contributed by atoms with Gasteiger partial charge >= 0.3 is 5.97 Å². The first-order valence-corrected chi connectivity index (χ1v) is 4.27. The molecule has 0 bridgehead atoms. The molecular weight excluding hydrogens is 182 g/mol. The molecule has 0 atom stereocenters. The Morgan fingerprint density at radius 2 is 1.86 bits per heavy atom. The van der Waals surface area contributed by atoms with Gasteiger partial charge in [0.15, 0.2) is 19.0 Å². The van der Waals surface area contributed by atoms with Crippen LogP contribution in [0.25, 0.3) is 0 Å². The van der Waals surface area contributed by atoms with E-state index >= 15 is 0 Å². The fourth-order valence-electron chi connectivity index (χ4n) is 0.971. The summed E-state index contributed by atoms with van der Waals surface area (Å²) in [5, 5.41) is 0. The highest BCUT2D eigenvalue weighted by Crippen LogP contribution is 1.82. The molecule has 0 N–H and O–H groups in total. The van der Waals surface area contributed by atoms with E-state index in [0.29, 0.717) is 0 Å². The summed E-state index contributed by atoms with van der Waals surface area (Å²) in [4.78, 5) is 21.6. The van der Waals surface area contributed by atoms with Crippen molar-refractivity contribution in [3.63, 3.8) is 0 Å². The molecular formula is C10H12NO3+. The monoisotopic (exact) mass is 194 g/mol. The number of Topliss-reactive ketones (excluding diaryl/α,β-unsaturated/α-hetero) is 1. The first-order valence-electron chi connectivity index (χ1n) is 4.27. The van der Waals surface area contributed by atoms with E-state index in [4.69, 9.17) is 0 Å². The van der Waals surface area contributed by atoms with Crippen molar-refractivity contribution in [2.45, 2.75) is 13.5 Å². The van der Waals surface area contributed by atoms with Gasteiger partial charge in [-0.3, -0.25) is 9.59 Å². The molecule has 4 nitrogen and oxygen atoms in total. The number of hydrogen-bond donors (Lipinski definition) is 0. The predicted molar refractivity (Wildman–Crippen MR) is 48.3 cm³/mol. The van der Waals surface area contributed by atoms with Gasteiger partial charge in [0, 0.05) is 19.1 Å². The molecule has 0 saturated heterocycles. The number of ether oxygens (including phenoxy) is 1. The Balaban J connectivity index is 2.38. The Bertz CT molecular complexity index is 321. The van der Waals surface area contributed by atoms with Crippen molar-refractivity contribution in [1.82, 2.24) is 0 Å². The predicted octanol–water partition coefficient (Wildman–Crippen LogP) is 0.106. The van der Waals surface area contributed by atoms with Crippen LogP contribution >= 0.6 is 0 Å². The zero-order chi connectivity index (χ0) is 10.4. The van der Waals surface area contributed by atoms with E-state index in [1.807, 2.05) is 18.2 Å². The van der Waals surface area contributed by atoms with Gasteiger partial charge in [-0.2, -0.15) is 4.57 Å². The fourth-order valence-corrected chi connectivity index (χ4v) is 0.971. The van der Waals surface area contributed by atoms with E-state index in [1.165, 1.54) is 6.92 Å². The number of rotatable bonds is 4. The van der Waals surface area contributed by atoms with Crippen molar-refractivity contribution in [2.24, 2.45) is 0 Å². The molecule has 1 rings (SSSR count). The van der Waals surface area contributed by atoms with E-state index in [-0.39, 0.29) is 18.9 Å². The number of pyridine rings is 1. The lowest BCUT2D eigenvalue weighted by Gasteiger charge is -1.98. The van der Waals surface area contributed by atoms with Gasteiger partial charge in [0.25, 0.3) is 0 Å². The molecule has 74 valence electrons. The molecule has 0 radical (unpaired) electrons. The number of hydrogen-bond acceptors (Lipinski definition) is 3. The van der Waals surface area contributed by atoms with Crippen LogP contribution in [0.5, 0.6) is 0 Å². The number of nitrogens with zero attached hydrogens (tertiary/aromatic N) is 1. The highest BCUT2D eigenvalue weighted by Gasteiger charge is 2.09. The summed E-state index contributed by atoms with van der Waals surface area (Å²) in [7, 11) is 0. The van der Waals surface area contributed by atoms with Gasteiger partial charge in [-0.15, -0.1) is 0 Å². The van der Waals surface area contributed by atoms with Crippen molar-refractivity contribution >= 4 is 11.8 Å². The van der Waals surface area contributed by atoms with Crippen LogP contribution in [-0.4, -0.2) is 18.4 Å². The lowest BCUT2D eigenvalue weighted by molar-refractivity contribution is -0.684. The van der Waals surface area contributed by atoms with Crippen molar-refractivity contribution in [2.75, 3.05) is 6.61 Å². The molecule has 0 aliphatic carbocycles. The van der Waals surface area contributed by atoms with Crippen LogP contribution in [0.2, 0.25) is 0 Å². The topological polar surface area (TPSA) is 47.3 Å². The second-order valence-electron chi connectivity index (χ2n) is 2.87. The molecule has 14 heavy (non-hydrogen) atoms. The Morgan fingerprint density at radius 1 is 1.21 bits per heavy atom. The van der Waals surface area contributed by atoms with E-state index in [0.717, 1.165) is 0 Å². The van der Waals surface area contributed by atoms with Crippen LogP contribution < -0.4 is 4.57 Å². The quantitative estimate of drug-likeness (QED) is 0.504. The Labute approximate surface area is 82.1 Å². The second kappa shape index (κ2) is 5.11. The molecule has 0 aliphatic rings. The standard InChI is InChI=1S/C10H12NO3/c1-9(12)14-8-10(13)7-11-5-3-2-4-6-11/h2-6H,7-8H2,1H3/q+1. The largest absolute Gasteiger partial charge is 0.458 e. The van der Waals surface area contributed by atoms with Gasteiger partial charge in [0.2, 0.25) is 12.3 Å². The molecule has 0 spiro atoms. The minimum absolute atomic E-state index is 0.128. The molecule has 0 fully saturated rings. The zero-order valence-corrected chi connectivity index (χ0v) is 7.97. The lowest BCUT2D eigenvalue weighted by atomic mass is 10.4. The third-order valence-electron chi connectivity index (χ3n) is 1.57. The molecule has 0 saturated carbocycles. The summed E-state index contributed by atoms with van der Waals surface area (Å²) in [6, 6.07) is 5.53. The van der Waals surface area contributed by atoms with Crippen LogP contribution in [0.3, 0.4) is 0 Å². The van der Waals surface area contributed by atoms with Crippen molar-refractivity contribution in [1.29, 1.82) is 0 Å². The van der Waals surface area contributed by atoms with E-state index < -0.39 is 5.97 Å². The summed E-state index contributed by atoms with van der Waals surface area (Å²) in [6.07, 6.45) is 3.57. The van der Waals surface area contributed by atoms with Gasteiger partial charge < -0.3 is 4.74 Å². The van der Waals surface area contributed by atoms with Gasteiger partial charge in [0.05, 0.1) is 0 Å². The smallest absolute Gasteiger partial charge is 0.303 e. The summed E-state index contributed by atoms with van der Waals surface area (Å²) >= 11 is 0. The number of ketones is 1. The van der Waals surface area contributed by atoms with Crippen molar-refractivity contribution in [3.8, 4) is 0 Å². The zero-order valence-electron chi connectivity index (χ0n) is 7.97. The summed E-state index contributed by atoms with van der Waals surface area (Å²) in [5.41, 5.74) is 0. The molecule has 1 aromatic rings. The Morgan fingerprint density at radius 3 is 2.43 bits per heavy atom. The Kier molecular flexibility index (Phi) is 3.79. The minimum Gasteiger partial charge on any atom is -0.458 e. The first kappa shape index (κ1) is 10.4. The highest BCUT2D eigenvalue weighted by molar-refractivity contribution is 5.80. The summed E-state index contributed by atoms with van der Waals surface area (Å²) in [5.74, 6) is -0.562. The average molecular weight is 194 g/mol. The molecule has 0 aliphatic heterocycles. The lowest BCUT2D eigenvalue weighted by Crippen LogP contribution is -2.38. The molecule has 1 aromatic heterocycles. The maximum atomic E-state index is 11.2. The third kappa shape index (κ3) is 3.80. The maximum Gasteiger partial charge on any atom is 0.303 e. The Hall–Kier alpha value is -1.71. The second-order valence-corrected chi connectivity index (χ2v) is 2.87. The number of esters is 1. The minimum atomic E-state index is -0.434. The normalized spacial score (nSPS) is 9.50. The SMILES string of the molecule is CC(=O)OCC(=O)C[n+]1ccccc1. The number of carbonyl (C=O) groups is 2. The van der Waals surface area contributed by atoms with E-state index in [1.54, 1.807) is 17.0 Å². The van der Waals surface area contributed by atoms with Gasteiger partial charge in [-0.05, 0) is 0 Å². The van der Waals surface area contributed by atoms with Crippen LogP contribution in [0, 0.1) is 0 Å². The van der Waals surface area contributed by atoms with Crippen LogP contribution in [0.1, 0.15) is 6.92 Å². The van der Waals surface area contributed by atoms with Gasteiger partial charge in [-0.25, -0.2) is 0 Å². The van der Waals surface area contributed by atoms with Crippen LogP contribution in [0.4, 0.5) is 0 Å². The summed E-state index contributed by atoms with van der Waals surface area (Å²) in [6.45, 7) is 1.36. The maximum absolute atomic E-state index is 11.2. The van der Waals surface area contributed by atoms with Gasteiger partial charge in [0.1, 0.15) is 0 Å². The molecule has 1 heterocycles. The van der Waals surface area contributed by atoms with Crippen LogP contribution in [0.15, 0.2) is 30.6 Å². The van der Waals surface area contributed by atoms with Crippen LogP contribution in [-0.2, 0) is 20.9 Å². The molecule has 0 amide bonds. The van der Waals surface area contributed by atoms with Crippen molar-refractivity contribution < 1.29 is 18.9 Å². The van der Waals surface area contributed by atoms with E-state index in [2.05, 4.69) is 4.74 Å². The number of carbonyl (C=O) groups excluding carboxylic acids is 2. The molecule has 0 aromatic carbocycles. The summed E-state index contributed by atoms with van der Waals surface area (Å²) < 4.78 is 6.30. The fraction of sp³-hybridized carbons (Fsp3) is 0.300. The average Bonchev–Trinajstić information content (AvgIpc) is 2.16. The third-order valence-corrected chi connectivity index (χ3v) is 1.57. The number of aromatic nitrogens is 1. The van der Waals surface area contributed by atoms with Gasteiger partial charge in [-0.1, -0.05) is 6.07 Å².